The lowest BCUT2D eigenvalue weighted by Gasteiger charge is -2.38. The largest absolute Gasteiger partial charge is 0.450 e. The van der Waals surface area contributed by atoms with Crippen LogP contribution in [-0.4, -0.2) is 55.2 Å². The van der Waals surface area contributed by atoms with Crippen LogP contribution in [0, 0.1) is 6.92 Å². The van der Waals surface area contributed by atoms with Crippen LogP contribution in [0.5, 0.6) is 0 Å². The van der Waals surface area contributed by atoms with E-state index in [2.05, 4.69) is 24.0 Å². The molecule has 6 heteroatoms. The van der Waals surface area contributed by atoms with Gasteiger partial charge in [-0.15, -0.1) is 11.3 Å². The molecular formula is C14H23N3O2S. The lowest BCUT2D eigenvalue weighted by atomic mass is 10.1. The second-order valence-corrected chi connectivity index (χ2v) is 6.24. The second kappa shape index (κ2) is 7.06. The van der Waals surface area contributed by atoms with E-state index in [1.807, 2.05) is 6.92 Å². The molecule has 1 aromatic rings. The number of thiophene rings is 1. The lowest BCUT2D eigenvalue weighted by molar-refractivity contribution is 0.0676. The van der Waals surface area contributed by atoms with E-state index in [-0.39, 0.29) is 12.1 Å². The Balaban J connectivity index is 1.93. The summed E-state index contributed by atoms with van der Waals surface area (Å²) >= 11 is 1.80. The molecule has 1 amide bonds. The van der Waals surface area contributed by atoms with Crippen molar-refractivity contribution in [3.05, 3.63) is 21.9 Å². The summed E-state index contributed by atoms with van der Waals surface area (Å²) in [4.78, 5) is 18.4. The van der Waals surface area contributed by atoms with Crippen molar-refractivity contribution in [3.63, 3.8) is 0 Å². The van der Waals surface area contributed by atoms with Crippen LogP contribution < -0.4 is 5.73 Å². The highest BCUT2D eigenvalue weighted by Gasteiger charge is 2.27. The third kappa shape index (κ3) is 3.50. The van der Waals surface area contributed by atoms with Gasteiger partial charge in [-0.25, -0.2) is 4.79 Å². The average Bonchev–Trinajstić information content (AvgIpc) is 2.87. The van der Waals surface area contributed by atoms with Gasteiger partial charge in [0.1, 0.15) is 0 Å². The van der Waals surface area contributed by atoms with E-state index in [1.165, 1.54) is 9.75 Å². The monoisotopic (exact) mass is 297 g/mol. The number of nitrogens with zero attached hydrogens (tertiary/aromatic N) is 2. The molecule has 20 heavy (non-hydrogen) atoms. The molecular weight excluding hydrogens is 274 g/mol. The van der Waals surface area contributed by atoms with E-state index in [0.717, 1.165) is 13.1 Å². The highest BCUT2D eigenvalue weighted by atomic mass is 32.1. The van der Waals surface area contributed by atoms with E-state index in [1.54, 1.807) is 16.2 Å². The van der Waals surface area contributed by atoms with Crippen LogP contribution in [0.15, 0.2) is 12.1 Å². The van der Waals surface area contributed by atoms with E-state index < -0.39 is 0 Å². The molecule has 0 saturated carbocycles. The van der Waals surface area contributed by atoms with Crippen LogP contribution in [0.3, 0.4) is 0 Å². The van der Waals surface area contributed by atoms with Crippen LogP contribution >= 0.6 is 11.3 Å². The Kier molecular flexibility index (Phi) is 5.39. The average molecular weight is 297 g/mol. The number of piperazine rings is 1. The maximum absolute atomic E-state index is 11.7. The minimum absolute atomic E-state index is 0.205. The summed E-state index contributed by atoms with van der Waals surface area (Å²) in [5, 5.41) is 0. The molecule has 1 aromatic heterocycles. The van der Waals surface area contributed by atoms with Gasteiger partial charge in [-0.1, -0.05) is 0 Å². The fourth-order valence-electron chi connectivity index (χ4n) is 2.51. The zero-order chi connectivity index (χ0) is 14.5. The number of amides is 1. The van der Waals surface area contributed by atoms with E-state index in [4.69, 9.17) is 10.5 Å². The standard InChI is InChI=1S/C14H23N3O2S/c1-3-19-14(18)17-8-6-16(7-9-17)12(10-15)13-5-4-11(2)20-13/h4-5,12H,3,6-10,15H2,1-2H3. The molecule has 2 N–H and O–H groups in total. The first-order valence-electron chi connectivity index (χ1n) is 7.07. The number of aryl methyl sites for hydroxylation is 1. The van der Waals surface area contributed by atoms with E-state index in [0.29, 0.717) is 26.2 Å². The Hall–Kier alpha value is -1.11. The van der Waals surface area contributed by atoms with Gasteiger partial charge in [-0.05, 0) is 26.0 Å². The first kappa shape index (κ1) is 15.3. The van der Waals surface area contributed by atoms with Gasteiger partial charge < -0.3 is 15.4 Å². The molecule has 2 rings (SSSR count). The summed E-state index contributed by atoms with van der Waals surface area (Å²) in [5.41, 5.74) is 5.95. The van der Waals surface area contributed by atoms with Crippen molar-refractivity contribution in [2.24, 2.45) is 5.73 Å². The maximum Gasteiger partial charge on any atom is 0.409 e. The van der Waals surface area contributed by atoms with Gasteiger partial charge in [0, 0.05) is 42.5 Å². The molecule has 1 fully saturated rings. The number of nitrogens with two attached hydrogens (primary N) is 1. The lowest BCUT2D eigenvalue weighted by Crippen LogP contribution is -2.50. The van der Waals surface area contributed by atoms with Crippen molar-refractivity contribution in [2.45, 2.75) is 19.9 Å². The summed E-state index contributed by atoms with van der Waals surface area (Å²) in [6.07, 6.45) is -0.205. The van der Waals surface area contributed by atoms with Gasteiger partial charge in [-0.2, -0.15) is 0 Å². The Morgan fingerprint density at radius 3 is 2.60 bits per heavy atom. The van der Waals surface area contributed by atoms with Crippen molar-refractivity contribution in [1.29, 1.82) is 0 Å². The molecule has 0 spiro atoms. The molecule has 5 nitrogen and oxygen atoms in total. The van der Waals surface area contributed by atoms with E-state index in [9.17, 15) is 4.79 Å². The van der Waals surface area contributed by atoms with Gasteiger partial charge in [0.05, 0.1) is 12.6 Å². The molecule has 0 radical (unpaired) electrons. The first-order valence-corrected chi connectivity index (χ1v) is 7.89. The number of ether oxygens (including phenoxy) is 1. The fraction of sp³-hybridized carbons (Fsp3) is 0.643. The van der Waals surface area contributed by atoms with Crippen molar-refractivity contribution in [3.8, 4) is 0 Å². The zero-order valence-electron chi connectivity index (χ0n) is 12.2. The molecule has 0 bridgehead atoms. The Bertz CT molecular complexity index is 441. The molecule has 1 unspecified atom stereocenters. The van der Waals surface area contributed by atoms with Crippen molar-refractivity contribution >= 4 is 17.4 Å². The molecule has 112 valence electrons. The maximum atomic E-state index is 11.7. The highest BCUT2D eigenvalue weighted by Crippen LogP contribution is 2.27. The van der Waals surface area contributed by atoms with Crippen LogP contribution in [-0.2, 0) is 4.74 Å². The number of carbonyl (C=O) groups is 1. The van der Waals surface area contributed by atoms with Gasteiger partial charge >= 0.3 is 6.09 Å². The fourth-order valence-corrected chi connectivity index (χ4v) is 3.53. The molecule has 1 aliphatic heterocycles. The summed E-state index contributed by atoms with van der Waals surface area (Å²) in [5.74, 6) is 0. The van der Waals surface area contributed by atoms with Gasteiger partial charge in [0.15, 0.2) is 0 Å². The number of rotatable bonds is 4. The summed E-state index contributed by atoms with van der Waals surface area (Å²) in [6, 6.07) is 4.56. The van der Waals surface area contributed by atoms with Crippen molar-refractivity contribution in [2.75, 3.05) is 39.3 Å². The third-order valence-corrected chi connectivity index (χ3v) is 4.70. The summed E-state index contributed by atoms with van der Waals surface area (Å²) in [6.45, 7) is 8.09. The van der Waals surface area contributed by atoms with Crippen molar-refractivity contribution in [1.82, 2.24) is 9.80 Å². The Morgan fingerprint density at radius 2 is 2.10 bits per heavy atom. The minimum atomic E-state index is -0.205. The SMILES string of the molecule is CCOC(=O)N1CCN(C(CN)c2ccc(C)s2)CC1. The number of carbonyl (C=O) groups excluding carboxylic acids is 1. The molecule has 1 saturated heterocycles. The first-order chi connectivity index (χ1) is 9.65. The highest BCUT2D eigenvalue weighted by molar-refractivity contribution is 7.12. The normalized spacial score (nSPS) is 18.1. The van der Waals surface area contributed by atoms with E-state index >= 15 is 0 Å². The zero-order valence-corrected chi connectivity index (χ0v) is 13.0. The van der Waals surface area contributed by atoms with Crippen LogP contribution in [0.4, 0.5) is 4.79 Å². The quantitative estimate of drug-likeness (QED) is 0.921. The topological polar surface area (TPSA) is 58.8 Å². The number of hydrogen-bond acceptors (Lipinski definition) is 5. The molecule has 1 atom stereocenters. The predicted molar refractivity (Wildman–Crippen MR) is 81.0 cm³/mol. The summed E-state index contributed by atoms with van der Waals surface area (Å²) in [7, 11) is 0. The predicted octanol–water partition coefficient (Wildman–Crippen LogP) is 1.83. The second-order valence-electron chi connectivity index (χ2n) is 4.92. The smallest absolute Gasteiger partial charge is 0.409 e. The molecule has 0 aliphatic carbocycles. The van der Waals surface area contributed by atoms with Crippen LogP contribution in [0.1, 0.15) is 22.7 Å². The third-order valence-electron chi connectivity index (χ3n) is 3.59. The minimum Gasteiger partial charge on any atom is -0.450 e. The van der Waals surface area contributed by atoms with Crippen LogP contribution in [0.2, 0.25) is 0 Å². The molecule has 2 heterocycles. The number of hydrogen-bond donors (Lipinski definition) is 1. The van der Waals surface area contributed by atoms with Gasteiger partial charge in [0.25, 0.3) is 0 Å². The van der Waals surface area contributed by atoms with Gasteiger partial charge in [0.2, 0.25) is 0 Å². The van der Waals surface area contributed by atoms with Crippen LogP contribution in [0.25, 0.3) is 0 Å². The van der Waals surface area contributed by atoms with Gasteiger partial charge in [-0.3, -0.25) is 4.90 Å². The molecule has 1 aliphatic rings. The molecule has 0 aromatic carbocycles. The Morgan fingerprint density at radius 1 is 1.40 bits per heavy atom. The van der Waals surface area contributed by atoms with Crippen molar-refractivity contribution < 1.29 is 9.53 Å². The Labute approximate surface area is 124 Å². The summed E-state index contributed by atoms with van der Waals surface area (Å²) < 4.78 is 5.04.